The van der Waals surface area contributed by atoms with Crippen molar-refractivity contribution in [1.29, 1.82) is 0 Å². The molecule has 6 heteroatoms. The minimum absolute atomic E-state index is 0.365. The summed E-state index contributed by atoms with van der Waals surface area (Å²) in [7, 11) is 0. The second kappa shape index (κ2) is 7.27. The Morgan fingerprint density at radius 2 is 2.29 bits per heavy atom. The predicted octanol–water partition coefficient (Wildman–Crippen LogP) is 2.32. The molecule has 24 heavy (non-hydrogen) atoms. The van der Waals surface area contributed by atoms with Crippen molar-refractivity contribution >= 4 is 11.3 Å². The lowest BCUT2D eigenvalue weighted by Gasteiger charge is -2.47. The number of aromatic nitrogens is 2. The van der Waals surface area contributed by atoms with Crippen molar-refractivity contribution in [1.82, 2.24) is 19.8 Å². The first kappa shape index (κ1) is 16.1. The molecule has 2 saturated heterocycles. The molecular weight excluding hydrogens is 320 g/mol. The third-order valence-corrected chi connectivity index (χ3v) is 5.87. The van der Waals surface area contributed by atoms with Crippen LogP contribution in [0.2, 0.25) is 0 Å². The Balaban J connectivity index is 1.43. The lowest BCUT2D eigenvalue weighted by atomic mass is 9.98. The third-order valence-electron chi connectivity index (χ3n) is 4.92. The second-order valence-electron chi connectivity index (χ2n) is 6.71. The first-order chi connectivity index (χ1) is 11.8. The van der Waals surface area contributed by atoms with Gasteiger partial charge in [-0.25, -0.2) is 4.98 Å². The molecule has 2 atom stereocenters. The molecule has 0 aliphatic carbocycles. The van der Waals surface area contributed by atoms with E-state index in [1.165, 1.54) is 10.6 Å². The van der Waals surface area contributed by atoms with Crippen LogP contribution in [0.15, 0.2) is 29.9 Å². The number of thiazole rings is 1. The Bertz CT molecular complexity index is 662. The Labute approximate surface area is 147 Å². The number of pyridine rings is 1. The van der Waals surface area contributed by atoms with Gasteiger partial charge in [-0.1, -0.05) is 6.07 Å². The van der Waals surface area contributed by atoms with Gasteiger partial charge in [-0.3, -0.25) is 14.8 Å². The van der Waals surface area contributed by atoms with Crippen molar-refractivity contribution in [2.24, 2.45) is 0 Å². The maximum Gasteiger partial charge on any atom is 0.107 e. The van der Waals surface area contributed by atoms with Gasteiger partial charge in [0, 0.05) is 55.7 Å². The lowest BCUT2D eigenvalue weighted by Crippen LogP contribution is -2.59. The number of hydrogen-bond acceptors (Lipinski definition) is 6. The van der Waals surface area contributed by atoms with Crippen LogP contribution in [0.4, 0.5) is 0 Å². The van der Waals surface area contributed by atoms with Crippen LogP contribution in [0.25, 0.3) is 0 Å². The van der Waals surface area contributed by atoms with Crippen LogP contribution in [0.5, 0.6) is 0 Å². The summed E-state index contributed by atoms with van der Waals surface area (Å²) in [5, 5.41) is 3.36. The summed E-state index contributed by atoms with van der Waals surface area (Å²) < 4.78 is 6.06. The van der Waals surface area contributed by atoms with Crippen LogP contribution < -0.4 is 0 Å². The largest absolute Gasteiger partial charge is 0.375 e. The van der Waals surface area contributed by atoms with E-state index in [0.29, 0.717) is 12.1 Å². The number of nitrogens with zero attached hydrogens (tertiary/aromatic N) is 4. The summed E-state index contributed by atoms with van der Waals surface area (Å²) in [6.45, 7) is 7.99. The number of morpholine rings is 1. The van der Waals surface area contributed by atoms with Gasteiger partial charge in [-0.2, -0.15) is 0 Å². The van der Waals surface area contributed by atoms with Crippen molar-refractivity contribution in [2.45, 2.75) is 38.6 Å². The van der Waals surface area contributed by atoms with Gasteiger partial charge < -0.3 is 4.74 Å². The van der Waals surface area contributed by atoms with Crippen LogP contribution in [0.3, 0.4) is 0 Å². The highest BCUT2D eigenvalue weighted by Crippen LogP contribution is 2.26. The molecule has 0 bridgehead atoms. The molecule has 128 valence electrons. The summed E-state index contributed by atoms with van der Waals surface area (Å²) in [5.74, 6) is 0. The first-order valence-electron chi connectivity index (χ1n) is 8.66. The SMILES string of the molecule is Cc1csc(CN2CC[C@H]3OCCN(Cc4cccnc4)[C@@H]3C2)n1. The van der Waals surface area contributed by atoms with Crippen LogP contribution in [0.1, 0.15) is 22.7 Å². The summed E-state index contributed by atoms with van der Waals surface area (Å²) in [4.78, 5) is 14.0. The lowest BCUT2D eigenvalue weighted by molar-refractivity contribution is -0.107. The van der Waals surface area contributed by atoms with Crippen molar-refractivity contribution in [2.75, 3.05) is 26.2 Å². The van der Waals surface area contributed by atoms with Crippen LogP contribution in [-0.2, 0) is 17.8 Å². The maximum absolute atomic E-state index is 6.06. The average molecular weight is 344 g/mol. The highest BCUT2D eigenvalue weighted by atomic mass is 32.1. The average Bonchev–Trinajstić information content (AvgIpc) is 3.01. The number of fused-ring (bicyclic) bond motifs is 1. The van der Waals surface area contributed by atoms with Gasteiger partial charge in [0.25, 0.3) is 0 Å². The van der Waals surface area contributed by atoms with E-state index in [2.05, 4.69) is 38.1 Å². The fraction of sp³-hybridized carbons (Fsp3) is 0.556. The van der Waals surface area contributed by atoms with E-state index in [-0.39, 0.29) is 0 Å². The van der Waals surface area contributed by atoms with E-state index < -0.39 is 0 Å². The predicted molar refractivity (Wildman–Crippen MR) is 94.9 cm³/mol. The van der Waals surface area contributed by atoms with Crippen LogP contribution in [0, 0.1) is 6.92 Å². The van der Waals surface area contributed by atoms with Gasteiger partial charge in [-0.05, 0) is 25.0 Å². The molecule has 0 amide bonds. The second-order valence-corrected chi connectivity index (χ2v) is 7.66. The fourth-order valence-corrected chi connectivity index (χ4v) is 4.55. The third kappa shape index (κ3) is 3.67. The zero-order chi connectivity index (χ0) is 16.4. The van der Waals surface area contributed by atoms with Crippen molar-refractivity contribution in [3.05, 3.63) is 46.2 Å². The molecule has 2 fully saturated rings. The standard InChI is InChI=1S/C18H24N4OS/c1-14-13-24-18(20-14)12-21-6-4-17-16(11-21)22(7-8-23-17)10-15-3-2-5-19-9-15/h2-3,5,9,13,16-17H,4,6-8,10-12H2,1H3/t16-,17-/m1/s1. The van der Waals surface area contributed by atoms with Crippen molar-refractivity contribution in [3.8, 4) is 0 Å². The molecule has 2 aliphatic heterocycles. The molecule has 0 saturated carbocycles. The molecule has 0 aromatic carbocycles. The molecule has 0 unspecified atom stereocenters. The van der Waals surface area contributed by atoms with E-state index in [1.807, 2.05) is 18.5 Å². The van der Waals surface area contributed by atoms with Crippen LogP contribution in [-0.4, -0.2) is 58.2 Å². The summed E-state index contributed by atoms with van der Waals surface area (Å²) in [6, 6.07) is 4.65. The number of ether oxygens (including phenoxy) is 1. The minimum atomic E-state index is 0.365. The van der Waals surface area contributed by atoms with Gasteiger partial charge in [0.05, 0.1) is 19.3 Å². The molecule has 2 aromatic rings. The molecule has 2 aliphatic rings. The monoisotopic (exact) mass is 344 g/mol. The summed E-state index contributed by atoms with van der Waals surface area (Å²) >= 11 is 1.77. The number of aryl methyl sites for hydroxylation is 1. The highest BCUT2D eigenvalue weighted by molar-refractivity contribution is 7.09. The number of rotatable bonds is 4. The van der Waals surface area contributed by atoms with E-state index in [0.717, 1.165) is 51.4 Å². The Hall–Kier alpha value is -1.34. The summed E-state index contributed by atoms with van der Waals surface area (Å²) in [6.07, 6.45) is 5.29. The maximum atomic E-state index is 6.06. The molecule has 4 heterocycles. The molecule has 0 spiro atoms. The van der Waals surface area contributed by atoms with Crippen molar-refractivity contribution in [3.63, 3.8) is 0 Å². The molecule has 0 radical (unpaired) electrons. The molecule has 5 nitrogen and oxygen atoms in total. The topological polar surface area (TPSA) is 41.5 Å². The van der Waals surface area contributed by atoms with E-state index >= 15 is 0 Å². The number of hydrogen-bond donors (Lipinski definition) is 0. The van der Waals surface area contributed by atoms with Gasteiger partial charge in [0.2, 0.25) is 0 Å². The molecular formula is C18H24N4OS. The van der Waals surface area contributed by atoms with Crippen LogP contribution >= 0.6 is 11.3 Å². The number of piperidine rings is 1. The van der Waals surface area contributed by atoms with E-state index in [9.17, 15) is 0 Å². The Morgan fingerprint density at radius 3 is 3.08 bits per heavy atom. The first-order valence-corrected chi connectivity index (χ1v) is 9.54. The molecule has 4 rings (SSSR count). The fourth-order valence-electron chi connectivity index (χ4n) is 3.74. The zero-order valence-corrected chi connectivity index (χ0v) is 14.9. The van der Waals surface area contributed by atoms with E-state index in [1.54, 1.807) is 11.3 Å². The Kier molecular flexibility index (Phi) is 4.89. The highest BCUT2D eigenvalue weighted by Gasteiger charge is 2.37. The summed E-state index contributed by atoms with van der Waals surface area (Å²) in [5.41, 5.74) is 2.41. The van der Waals surface area contributed by atoms with Crippen molar-refractivity contribution < 1.29 is 4.74 Å². The normalized spacial score (nSPS) is 25.5. The van der Waals surface area contributed by atoms with E-state index in [4.69, 9.17) is 4.74 Å². The minimum Gasteiger partial charge on any atom is -0.375 e. The Morgan fingerprint density at radius 1 is 1.33 bits per heavy atom. The quantitative estimate of drug-likeness (QED) is 0.851. The zero-order valence-electron chi connectivity index (χ0n) is 14.1. The van der Waals surface area contributed by atoms with Gasteiger partial charge in [0.15, 0.2) is 0 Å². The van der Waals surface area contributed by atoms with Gasteiger partial charge in [-0.15, -0.1) is 11.3 Å². The smallest absolute Gasteiger partial charge is 0.107 e. The number of likely N-dealkylation sites (tertiary alicyclic amines) is 1. The van der Waals surface area contributed by atoms with Gasteiger partial charge in [0.1, 0.15) is 5.01 Å². The van der Waals surface area contributed by atoms with Gasteiger partial charge >= 0.3 is 0 Å². The molecule has 2 aromatic heterocycles. The molecule has 0 N–H and O–H groups in total.